The van der Waals surface area contributed by atoms with Crippen LogP contribution in [-0.4, -0.2) is 37.5 Å². The van der Waals surface area contributed by atoms with Crippen LogP contribution in [0, 0.1) is 0 Å². The summed E-state index contributed by atoms with van der Waals surface area (Å²) in [4.78, 5) is 27.0. The van der Waals surface area contributed by atoms with Crippen molar-refractivity contribution in [2.24, 2.45) is 0 Å². The first kappa shape index (κ1) is 20.6. The predicted octanol–water partition coefficient (Wildman–Crippen LogP) is 1.36. The maximum Gasteiger partial charge on any atom is 0.141 e. The maximum absolute atomic E-state index is 11.0. The van der Waals surface area contributed by atoms with E-state index in [2.05, 4.69) is 31.8 Å². The Labute approximate surface area is 107 Å². The molecule has 0 atom stereocenters. The minimum atomic E-state index is 0.120. The number of rotatable bonds is 7. The third kappa shape index (κ3) is 18.9. The van der Waals surface area contributed by atoms with Crippen LogP contribution in [0.4, 0.5) is 0 Å². The van der Waals surface area contributed by atoms with Gasteiger partial charge in [0.05, 0.1) is 18.8 Å². The van der Waals surface area contributed by atoms with E-state index in [1.165, 1.54) is 0 Å². The topological polar surface area (TPSA) is 60.4 Å². The first-order valence-corrected chi connectivity index (χ1v) is 5.59. The number of thiol groups is 2. The zero-order valence-electron chi connectivity index (χ0n) is 9.18. The lowest BCUT2D eigenvalue weighted by Crippen LogP contribution is -2.03. The summed E-state index contributed by atoms with van der Waals surface area (Å²) >= 11 is 7.91. The second kappa shape index (κ2) is 19.8. The van der Waals surface area contributed by atoms with E-state index < -0.39 is 0 Å². The summed E-state index contributed by atoms with van der Waals surface area (Å²) < 4.78 is 5.09. The Morgan fingerprint density at radius 2 is 1.56 bits per heavy atom. The minimum absolute atomic E-state index is 0.120. The van der Waals surface area contributed by atoms with Gasteiger partial charge in [-0.25, -0.2) is 0 Å². The molecule has 94 valence electrons. The van der Waals surface area contributed by atoms with E-state index in [0.29, 0.717) is 36.7 Å². The second-order valence-corrected chi connectivity index (χ2v) is 3.19. The molecule has 0 amide bonds. The molecule has 6 heteroatoms. The van der Waals surface area contributed by atoms with Crippen LogP contribution in [0.15, 0.2) is 12.3 Å². The van der Waals surface area contributed by atoms with Gasteiger partial charge < -0.3 is 14.3 Å². The highest BCUT2D eigenvalue weighted by Gasteiger charge is 2.03. The van der Waals surface area contributed by atoms with E-state index in [9.17, 15) is 4.79 Å². The van der Waals surface area contributed by atoms with Gasteiger partial charge in [-0.05, 0) is 5.75 Å². The summed E-state index contributed by atoms with van der Waals surface area (Å²) in [5.74, 6) is 1.86. The summed E-state index contributed by atoms with van der Waals surface area (Å²) in [5, 5.41) is 0. The molecule has 0 saturated heterocycles. The zero-order chi connectivity index (χ0) is 13.4. The Hall–Kier alpha value is -0.750. The Balaban J connectivity index is -0.000000376. The van der Waals surface area contributed by atoms with Gasteiger partial charge in [0, 0.05) is 12.2 Å². The van der Waals surface area contributed by atoms with E-state index >= 15 is 0 Å². The van der Waals surface area contributed by atoms with Crippen LogP contribution in [0.5, 0.6) is 0 Å². The molecule has 4 nitrogen and oxygen atoms in total. The van der Waals surface area contributed by atoms with Crippen molar-refractivity contribution in [1.82, 2.24) is 0 Å². The standard InChI is InChI=1S/C8H14O2S2.2CH2O/c1-7(10-3-5-12)6-8(9)2-4-11;2*1-2/h11-12H,1-6H2;2*1H2. The maximum atomic E-state index is 11.0. The number of hydrogen-bond acceptors (Lipinski definition) is 6. The molecule has 0 aliphatic rings. The number of ether oxygens (including phenoxy) is 1. The third-order valence-corrected chi connectivity index (χ3v) is 1.59. The molecule has 0 unspecified atom stereocenters. The molecule has 0 radical (unpaired) electrons. The molecule has 0 saturated carbocycles. The number of carbonyl (C=O) groups is 3. The Morgan fingerprint density at radius 3 is 1.94 bits per heavy atom. The lowest BCUT2D eigenvalue weighted by atomic mass is 10.2. The molecule has 0 N–H and O–H groups in total. The van der Waals surface area contributed by atoms with Gasteiger partial charge in [-0.1, -0.05) is 6.58 Å². The normalized spacial score (nSPS) is 7.62. The van der Waals surface area contributed by atoms with E-state index in [0.717, 1.165) is 0 Å². The number of allylic oxidation sites excluding steroid dienone is 1. The van der Waals surface area contributed by atoms with Gasteiger partial charge in [0.15, 0.2) is 0 Å². The number of carbonyl (C=O) groups excluding carboxylic acids is 3. The van der Waals surface area contributed by atoms with Crippen molar-refractivity contribution >= 4 is 44.6 Å². The number of hydrogen-bond donors (Lipinski definition) is 2. The zero-order valence-corrected chi connectivity index (χ0v) is 11.0. The lowest BCUT2D eigenvalue weighted by molar-refractivity contribution is -0.118. The first-order valence-electron chi connectivity index (χ1n) is 4.32. The predicted molar refractivity (Wildman–Crippen MR) is 71.3 cm³/mol. The van der Waals surface area contributed by atoms with E-state index in [-0.39, 0.29) is 5.78 Å². The average Bonchev–Trinajstić information content (AvgIpc) is 2.32. The summed E-state index contributed by atoms with van der Waals surface area (Å²) in [7, 11) is 0. The molecular formula is C10H18O4S2. The van der Waals surface area contributed by atoms with Crippen molar-refractivity contribution < 1.29 is 19.1 Å². The molecule has 16 heavy (non-hydrogen) atoms. The molecule has 0 aliphatic heterocycles. The second-order valence-electron chi connectivity index (χ2n) is 2.30. The summed E-state index contributed by atoms with van der Waals surface area (Å²) in [6, 6.07) is 0. The molecule has 0 aromatic rings. The van der Waals surface area contributed by atoms with Crippen molar-refractivity contribution in [3.05, 3.63) is 12.3 Å². The van der Waals surface area contributed by atoms with Crippen molar-refractivity contribution in [1.29, 1.82) is 0 Å². The first-order chi connectivity index (χ1) is 7.70. The molecule has 0 bridgehead atoms. The minimum Gasteiger partial charge on any atom is -0.497 e. The SMILES string of the molecule is C=C(CC(=O)CCS)OCCS.C=O.C=O. The van der Waals surface area contributed by atoms with Crippen LogP contribution < -0.4 is 0 Å². The quantitative estimate of drug-likeness (QED) is 0.539. The molecule has 0 rings (SSSR count). The van der Waals surface area contributed by atoms with E-state index in [4.69, 9.17) is 14.3 Å². The molecular weight excluding hydrogens is 248 g/mol. The van der Waals surface area contributed by atoms with Gasteiger partial charge in [-0.2, -0.15) is 25.3 Å². The number of ketones is 1. The Morgan fingerprint density at radius 1 is 1.06 bits per heavy atom. The average molecular weight is 266 g/mol. The van der Waals surface area contributed by atoms with Crippen molar-refractivity contribution in [3.8, 4) is 0 Å². The Kier molecular flexibility index (Phi) is 25.5. The smallest absolute Gasteiger partial charge is 0.141 e. The molecule has 0 spiro atoms. The van der Waals surface area contributed by atoms with Crippen LogP contribution in [0.25, 0.3) is 0 Å². The van der Waals surface area contributed by atoms with Crippen LogP contribution >= 0.6 is 25.3 Å². The van der Waals surface area contributed by atoms with Crippen LogP contribution in [0.1, 0.15) is 12.8 Å². The van der Waals surface area contributed by atoms with Gasteiger partial charge in [0.2, 0.25) is 0 Å². The summed E-state index contributed by atoms with van der Waals surface area (Å²) in [5.41, 5.74) is 0. The van der Waals surface area contributed by atoms with Crippen molar-refractivity contribution in [2.75, 3.05) is 18.1 Å². The Bertz CT molecular complexity index is 184. The highest BCUT2D eigenvalue weighted by atomic mass is 32.1. The fraction of sp³-hybridized carbons (Fsp3) is 0.500. The van der Waals surface area contributed by atoms with Gasteiger partial charge >= 0.3 is 0 Å². The monoisotopic (exact) mass is 266 g/mol. The summed E-state index contributed by atoms with van der Waals surface area (Å²) in [6.07, 6.45) is 0.778. The molecule has 0 aromatic heterocycles. The third-order valence-electron chi connectivity index (χ3n) is 1.18. The van der Waals surface area contributed by atoms with Gasteiger partial charge in [0.25, 0.3) is 0 Å². The highest BCUT2D eigenvalue weighted by Crippen LogP contribution is 2.03. The fourth-order valence-corrected chi connectivity index (χ4v) is 1.01. The fourth-order valence-electron chi connectivity index (χ4n) is 0.674. The van der Waals surface area contributed by atoms with Gasteiger partial charge in [0.1, 0.15) is 19.4 Å². The van der Waals surface area contributed by atoms with E-state index in [1.807, 2.05) is 13.6 Å². The molecule has 0 aromatic carbocycles. The largest absolute Gasteiger partial charge is 0.497 e. The number of Topliss-reactive ketones (excluding diaryl/α,β-unsaturated/α-hetero) is 1. The van der Waals surface area contributed by atoms with Crippen LogP contribution in [-0.2, 0) is 19.1 Å². The van der Waals surface area contributed by atoms with Crippen molar-refractivity contribution in [2.45, 2.75) is 12.8 Å². The highest BCUT2D eigenvalue weighted by molar-refractivity contribution is 7.80. The van der Waals surface area contributed by atoms with Crippen LogP contribution in [0.3, 0.4) is 0 Å². The van der Waals surface area contributed by atoms with Gasteiger partial charge in [-0.15, -0.1) is 0 Å². The molecule has 0 aliphatic carbocycles. The molecule has 0 fully saturated rings. The van der Waals surface area contributed by atoms with E-state index in [1.54, 1.807) is 0 Å². The van der Waals surface area contributed by atoms with Crippen LogP contribution in [0.2, 0.25) is 0 Å². The molecule has 0 heterocycles. The van der Waals surface area contributed by atoms with Crippen molar-refractivity contribution in [3.63, 3.8) is 0 Å². The summed E-state index contributed by atoms with van der Waals surface area (Å²) in [6.45, 7) is 8.12. The lowest BCUT2D eigenvalue weighted by Gasteiger charge is -2.05. The van der Waals surface area contributed by atoms with Gasteiger partial charge in [-0.3, -0.25) is 4.79 Å².